The number of hydrogen-bond donors (Lipinski definition) is 1. The van der Waals surface area contributed by atoms with E-state index < -0.39 is 12.0 Å². The third kappa shape index (κ3) is 3.45. The van der Waals surface area contributed by atoms with Crippen molar-refractivity contribution < 1.29 is 24.2 Å². The Bertz CT molecular complexity index is 448. The summed E-state index contributed by atoms with van der Waals surface area (Å²) in [5, 5.41) is 9.03. The first kappa shape index (κ1) is 13.4. The van der Waals surface area contributed by atoms with Crippen LogP contribution in [0.25, 0.3) is 0 Å². The molecule has 0 spiro atoms. The molecular formula is C13H15NO5. The highest BCUT2D eigenvalue weighted by atomic mass is 16.5. The third-order valence-electron chi connectivity index (χ3n) is 2.84. The van der Waals surface area contributed by atoms with Crippen molar-refractivity contribution in [1.29, 1.82) is 0 Å². The van der Waals surface area contributed by atoms with Crippen LogP contribution >= 0.6 is 0 Å². The van der Waals surface area contributed by atoms with Crippen molar-refractivity contribution in [2.45, 2.75) is 6.04 Å². The van der Waals surface area contributed by atoms with Crippen molar-refractivity contribution in [3.63, 3.8) is 0 Å². The van der Waals surface area contributed by atoms with E-state index in [1.54, 1.807) is 24.3 Å². The molecule has 1 atom stereocenters. The molecule has 19 heavy (non-hydrogen) atoms. The van der Waals surface area contributed by atoms with E-state index >= 15 is 0 Å². The van der Waals surface area contributed by atoms with Crippen LogP contribution in [-0.4, -0.2) is 54.3 Å². The van der Waals surface area contributed by atoms with Gasteiger partial charge in [0.2, 0.25) is 0 Å². The molecule has 1 N–H and O–H groups in total. The highest BCUT2D eigenvalue weighted by molar-refractivity contribution is 5.84. The minimum absolute atomic E-state index is 0.0202. The summed E-state index contributed by atoms with van der Waals surface area (Å²) in [6.07, 6.45) is 0. The summed E-state index contributed by atoms with van der Waals surface area (Å²) < 4.78 is 10.4. The largest absolute Gasteiger partial charge is 0.484 e. The van der Waals surface area contributed by atoms with Crippen LogP contribution in [0.2, 0.25) is 0 Å². The molecule has 6 nitrogen and oxygen atoms in total. The van der Waals surface area contributed by atoms with Gasteiger partial charge in [-0.3, -0.25) is 4.79 Å². The zero-order valence-corrected chi connectivity index (χ0v) is 10.3. The minimum atomic E-state index is -1.06. The van der Waals surface area contributed by atoms with Gasteiger partial charge in [-0.1, -0.05) is 18.2 Å². The number of carbonyl (C=O) groups is 2. The summed E-state index contributed by atoms with van der Waals surface area (Å²) in [4.78, 5) is 24.3. The van der Waals surface area contributed by atoms with Crippen LogP contribution in [0.3, 0.4) is 0 Å². The third-order valence-corrected chi connectivity index (χ3v) is 2.84. The van der Waals surface area contributed by atoms with Crippen LogP contribution in [0.1, 0.15) is 0 Å². The Labute approximate surface area is 110 Å². The number of morpholine rings is 1. The van der Waals surface area contributed by atoms with Gasteiger partial charge in [-0.15, -0.1) is 0 Å². The number of ether oxygens (including phenoxy) is 2. The Morgan fingerprint density at radius 2 is 2.11 bits per heavy atom. The zero-order valence-electron chi connectivity index (χ0n) is 10.3. The lowest BCUT2D eigenvalue weighted by atomic mass is 10.2. The quantitative estimate of drug-likeness (QED) is 0.851. The van der Waals surface area contributed by atoms with E-state index in [0.29, 0.717) is 12.4 Å². The van der Waals surface area contributed by atoms with Crippen LogP contribution in [0, 0.1) is 0 Å². The smallest absolute Gasteiger partial charge is 0.328 e. The summed E-state index contributed by atoms with van der Waals surface area (Å²) in [7, 11) is 0. The number of benzene rings is 1. The number of hydrogen-bond acceptors (Lipinski definition) is 4. The van der Waals surface area contributed by atoms with Crippen LogP contribution in [0.5, 0.6) is 5.75 Å². The lowest BCUT2D eigenvalue weighted by molar-refractivity contribution is -0.159. The standard InChI is InChI=1S/C13H15NO5/c15-12(9-19-10-4-2-1-3-5-10)14-6-7-18-8-11(14)13(16)17/h1-5,11H,6-9H2,(H,16,17)/t11-/m0/s1. The summed E-state index contributed by atoms with van der Waals surface area (Å²) in [6.45, 7) is 0.467. The predicted molar refractivity (Wildman–Crippen MR) is 65.9 cm³/mol. The van der Waals surface area contributed by atoms with Crippen LogP contribution in [0.4, 0.5) is 0 Å². The topological polar surface area (TPSA) is 76.1 Å². The molecule has 1 heterocycles. The summed E-state index contributed by atoms with van der Waals surface area (Å²) in [5.74, 6) is -0.830. The number of para-hydroxylation sites is 1. The summed E-state index contributed by atoms with van der Waals surface area (Å²) >= 11 is 0. The molecule has 1 aliphatic rings. The fourth-order valence-electron chi connectivity index (χ4n) is 1.85. The Balaban J connectivity index is 1.93. The van der Waals surface area contributed by atoms with Gasteiger partial charge in [0.05, 0.1) is 13.2 Å². The molecule has 0 radical (unpaired) electrons. The maximum absolute atomic E-state index is 12.0. The molecule has 0 unspecified atom stereocenters. The highest BCUT2D eigenvalue weighted by Gasteiger charge is 2.32. The van der Waals surface area contributed by atoms with Crippen LogP contribution in [-0.2, 0) is 14.3 Å². The molecule has 0 bridgehead atoms. The first-order valence-corrected chi connectivity index (χ1v) is 5.96. The molecule has 0 saturated carbocycles. The molecule has 0 aliphatic carbocycles. The van der Waals surface area contributed by atoms with Gasteiger partial charge in [-0.05, 0) is 12.1 Å². The van der Waals surface area contributed by atoms with Crippen molar-refractivity contribution in [2.24, 2.45) is 0 Å². The number of amides is 1. The van der Waals surface area contributed by atoms with Gasteiger partial charge in [-0.25, -0.2) is 4.79 Å². The lowest BCUT2D eigenvalue weighted by Crippen LogP contribution is -2.53. The number of carboxylic acids is 1. The van der Waals surface area contributed by atoms with Crippen molar-refractivity contribution in [2.75, 3.05) is 26.4 Å². The fourth-order valence-corrected chi connectivity index (χ4v) is 1.85. The average Bonchev–Trinajstić information content (AvgIpc) is 2.46. The lowest BCUT2D eigenvalue weighted by Gasteiger charge is -2.32. The maximum Gasteiger partial charge on any atom is 0.328 e. The number of carboxylic acid groups (broad SMARTS) is 1. The SMILES string of the molecule is O=C(O)[C@@H]1COCCN1C(=O)COc1ccccc1. The molecule has 1 amide bonds. The van der Waals surface area contributed by atoms with Gasteiger partial charge in [-0.2, -0.15) is 0 Å². The van der Waals surface area contributed by atoms with Crippen molar-refractivity contribution in [1.82, 2.24) is 4.90 Å². The first-order chi connectivity index (χ1) is 9.18. The van der Waals surface area contributed by atoms with E-state index in [1.807, 2.05) is 6.07 Å². The van der Waals surface area contributed by atoms with Gasteiger partial charge in [0.15, 0.2) is 12.6 Å². The Morgan fingerprint density at radius 1 is 1.37 bits per heavy atom. The Hall–Kier alpha value is -2.08. The number of rotatable bonds is 4. The molecule has 0 aromatic heterocycles. The first-order valence-electron chi connectivity index (χ1n) is 5.96. The number of nitrogens with zero attached hydrogens (tertiary/aromatic N) is 1. The van der Waals surface area contributed by atoms with E-state index in [2.05, 4.69) is 0 Å². The molecule has 1 fully saturated rings. The van der Waals surface area contributed by atoms with Crippen molar-refractivity contribution in [3.8, 4) is 5.75 Å². The second-order valence-corrected chi connectivity index (χ2v) is 4.12. The van der Waals surface area contributed by atoms with E-state index in [-0.39, 0.29) is 25.7 Å². The van der Waals surface area contributed by atoms with E-state index in [9.17, 15) is 9.59 Å². The number of carbonyl (C=O) groups excluding carboxylic acids is 1. The van der Waals surface area contributed by atoms with E-state index in [1.165, 1.54) is 4.90 Å². The van der Waals surface area contributed by atoms with Gasteiger partial charge < -0.3 is 19.5 Å². The van der Waals surface area contributed by atoms with Gasteiger partial charge in [0.25, 0.3) is 5.91 Å². The van der Waals surface area contributed by atoms with E-state index in [4.69, 9.17) is 14.6 Å². The normalized spacial score (nSPS) is 18.9. The van der Waals surface area contributed by atoms with E-state index in [0.717, 1.165) is 0 Å². The van der Waals surface area contributed by atoms with Crippen LogP contribution in [0.15, 0.2) is 30.3 Å². The molecule has 1 aliphatic heterocycles. The molecule has 6 heteroatoms. The molecular weight excluding hydrogens is 250 g/mol. The highest BCUT2D eigenvalue weighted by Crippen LogP contribution is 2.11. The molecule has 102 valence electrons. The summed E-state index contributed by atoms with van der Waals surface area (Å²) in [6, 6.07) is 7.99. The molecule has 1 aromatic rings. The Kier molecular flexibility index (Phi) is 4.35. The van der Waals surface area contributed by atoms with Crippen molar-refractivity contribution >= 4 is 11.9 Å². The second kappa shape index (κ2) is 6.19. The fraction of sp³-hybridized carbons (Fsp3) is 0.385. The molecule has 1 aromatic carbocycles. The van der Waals surface area contributed by atoms with Gasteiger partial charge in [0, 0.05) is 6.54 Å². The predicted octanol–water partition coefficient (Wildman–Crippen LogP) is 0.377. The molecule has 1 saturated heterocycles. The maximum atomic E-state index is 12.0. The van der Waals surface area contributed by atoms with Gasteiger partial charge >= 0.3 is 5.97 Å². The Morgan fingerprint density at radius 3 is 2.79 bits per heavy atom. The second-order valence-electron chi connectivity index (χ2n) is 4.12. The molecule has 2 rings (SSSR count). The minimum Gasteiger partial charge on any atom is -0.484 e. The monoisotopic (exact) mass is 265 g/mol. The van der Waals surface area contributed by atoms with Crippen molar-refractivity contribution in [3.05, 3.63) is 30.3 Å². The van der Waals surface area contributed by atoms with Crippen LogP contribution < -0.4 is 4.74 Å². The summed E-state index contributed by atoms with van der Waals surface area (Å²) in [5.41, 5.74) is 0. The average molecular weight is 265 g/mol. The zero-order chi connectivity index (χ0) is 13.7. The van der Waals surface area contributed by atoms with Gasteiger partial charge in [0.1, 0.15) is 5.75 Å². The number of aliphatic carboxylic acids is 1.